The number of aliphatic carboxylic acids is 2. The Labute approximate surface area is 223 Å². The molecule has 0 fully saturated rings. The van der Waals surface area contributed by atoms with Crippen molar-refractivity contribution in [2.75, 3.05) is 0 Å². The molecule has 0 radical (unpaired) electrons. The molecule has 0 heterocycles. The first-order valence-electron chi connectivity index (χ1n) is 12.8. The van der Waals surface area contributed by atoms with E-state index < -0.39 is 11.9 Å². The van der Waals surface area contributed by atoms with Crippen LogP contribution in [0.2, 0.25) is 0 Å². The quantitative estimate of drug-likeness (QED) is 0.126. The van der Waals surface area contributed by atoms with E-state index in [1.165, 1.54) is 12.2 Å². The van der Waals surface area contributed by atoms with Crippen molar-refractivity contribution in [2.45, 2.75) is 52.2 Å². The van der Waals surface area contributed by atoms with Gasteiger partial charge in [-0.3, -0.25) is 0 Å². The largest absolute Gasteiger partial charge is 0.489 e. The fraction of sp³-hybridized carbons (Fsp3) is 0.250. The summed E-state index contributed by atoms with van der Waals surface area (Å²) in [6.07, 6.45) is 6.77. The van der Waals surface area contributed by atoms with Gasteiger partial charge in [-0.1, -0.05) is 80.8 Å². The van der Waals surface area contributed by atoms with Crippen LogP contribution in [0.4, 0.5) is 0 Å². The van der Waals surface area contributed by atoms with Crippen LogP contribution >= 0.6 is 0 Å². The van der Waals surface area contributed by atoms with E-state index in [4.69, 9.17) is 9.47 Å². The van der Waals surface area contributed by atoms with Crippen LogP contribution in [0, 0.1) is 0 Å². The van der Waals surface area contributed by atoms with Crippen molar-refractivity contribution >= 4 is 18.0 Å². The van der Waals surface area contributed by atoms with Crippen LogP contribution in [-0.4, -0.2) is 22.2 Å². The normalized spacial score (nSPS) is 11.7. The smallest absolute Gasteiger partial charge is 0.335 e. The molecule has 2 N–H and O–H groups in total. The number of hydrogen-bond acceptors (Lipinski definition) is 4. The highest BCUT2D eigenvalue weighted by molar-refractivity contribution is 5.98. The number of ether oxygens (including phenoxy) is 2. The van der Waals surface area contributed by atoms with Gasteiger partial charge in [-0.2, -0.15) is 0 Å². The second kappa shape index (κ2) is 15.1. The fourth-order valence-corrected chi connectivity index (χ4v) is 3.77. The Kier molecular flexibility index (Phi) is 11.2. The first kappa shape index (κ1) is 28.3. The zero-order valence-corrected chi connectivity index (χ0v) is 21.6. The van der Waals surface area contributed by atoms with Crippen LogP contribution in [0.1, 0.15) is 55.7 Å². The number of benzene rings is 3. The van der Waals surface area contributed by atoms with Crippen molar-refractivity contribution in [2.24, 2.45) is 0 Å². The van der Waals surface area contributed by atoms with E-state index in [1.807, 2.05) is 54.6 Å². The Morgan fingerprint density at radius 3 is 1.84 bits per heavy atom. The van der Waals surface area contributed by atoms with E-state index in [-0.39, 0.29) is 11.1 Å². The molecule has 0 spiro atoms. The van der Waals surface area contributed by atoms with Crippen molar-refractivity contribution in [3.8, 4) is 11.5 Å². The van der Waals surface area contributed by atoms with Gasteiger partial charge in [0.05, 0.1) is 5.57 Å². The summed E-state index contributed by atoms with van der Waals surface area (Å²) in [5.41, 5.74) is 2.77. The molecule has 0 aliphatic carbocycles. The SMILES string of the molecule is CCCCCCC(=CC(=Cc1ccc(OCc2ccc(OCc3ccccc3)cc2)cc1)C(=O)O)C(=O)O. The van der Waals surface area contributed by atoms with Crippen LogP contribution in [0.15, 0.2) is 96.1 Å². The van der Waals surface area contributed by atoms with Gasteiger partial charge in [-0.15, -0.1) is 0 Å². The molecule has 38 heavy (non-hydrogen) atoms. The van der Waals surface area contributed by atoms with Gasteiger partial charge in [0.25, 0.3) is 0 Å². The number of carbonyl (C=O) groups is 2. The molecule has 3 aromatic rings. The summed E-state index contributed by atoms with van der Waals surface area (Å²) < 4.78 is 11.7. The predicted molar refractivity (Wildman–Crippen MR) is 148 cm³/mol. The summed E-state index contributed by atoms with van der Waals surface area (Å²) in [5, 5.41) is 19.1. The van der Waals surface area contributed by atoms with Crippen molar-refractivity contribution in [1.82, 2.24) is 0 Å². The molecule has 3 aromatic carbocycles. The minimum Gasteiger partial charge on any atom is -0.489 e. The second-order valence-corrected chi connectivity index (χ2v) is 8.97. The minimum atomic E-state index is -1.17. The number of rotatable bonds is 15. The Balaban J connectivity index is 1.57. The number of carboxylic acids is 2. The standard InChI is InChI=1S/C32H34O6/c1-2-3-4-8-11-27(31(33)34)21-28(32(35)36)20-24-12-16-29(17-13-24)38-23-26-14-18-30(19-15-26)37-22-25-9-6-5-7-10-25/h5-7,9-10,12-21H,2-4,8,11,22-23H2,1H3,(H,33,34)(H,35,36). The van der Waals surface area contributed by atoms with Gasteiger partial charge in [0, 0.05) is 5.57 Å². The van der Waals surface area contributed by atoms with E-state index in [0.717, 1.165) is 36.1 Å². The molecule has 0 amide bonds. The molecule has 3 rings (SSSR count). The monoisotopic (exact) mass is 514 g/mol. The van der Waals surface area contributed by atoms with E-state index in [1.54, 1.807) is 24.3 Å². The van der Waals surface area contributed by atoms with E-state index in [0.29, 0.717) is 37.4 Å². The molecular formula is C32H34O6. The van der Waals surface area contributed by atoms with Gasteiger partial charge in [-0.05, 0) is 65.9 Å². The molecule has 0 aliphatic heterocycles. The third-order valence-electron chi connectivity index (χ3n) is 5.93. The molecule has 6 heteroatoms. The molecule has 6 nitrogen and oxygen atoms in total. The average molecular weight is 515 g/mol. The highest BCUT2D eigenvalue weighted by Gasteiger charge is 2.12. The first-order chi connectivity index (χ1) is 18.4. The summed E-state index contributed by atoms with van der Waals surface area (Å²) in [4.78, 5) is 23.4. The molecule has 0 aromatic heterocycles. The molecule has 0 atom stereocenters. The summed E-state index contributed by atoms with van der Waals surface area (Å²) in [6.45, 7) is 2.96. The number of carboxylic acid groups (broad SMARTS) is 2. The van der Waals surface area contributed by atoms with Gasteiger partial charge >= 0.3 is 11.9 Å². The minimum absolute atomic E-state index is 0.0684. The van der Waals surface area contributed by atoms with E-state index in [9.17, 15) is 19.8 Å². The zero-order chi connectivity index (χ0) is 27.2. The summed E-state index contributed by atoms with van der Waals surface area (Å²) in [7, 11) is 0. The maximum atomic E-state index is 11.8. The van der Waals surface area contributed by atoms with Crippen molar-refractivity contribution in [3.63, 3.8) is 0 Å². The van der Waals surface area contributed by atoms with Crippen molar-refractivity contribution in [1.29, 1.82) is 0 Å². The highest BCUT2D eigenvalue weighted by atomic mass is 16.5. The first-order valence-corrected chi connectivity index (χ1v) is 12.8. The van der Waals surface area contributed by atoms with Crippen LogP contribution in [0.25, 0.3) is 6.08 Å². The summed E-state index contributed by atoms with van der Waals surface area (Å²) >= 11 is 0. The lowest BCUT2D eigenvalue weighted by Gasteiger charge is -2.09. The van der Waals surface area contributed by atoms with Gasteiger partial charge in [-0.25, -0.2) is 9.59 Å². The van der Waals surface area contributed by atoms with E-state index >= 15 is 0 Å². The van der Waals surface area contributed by atoms with Crippen LogP contribution < -0.4 is 9.47 Å². The van der Waals surface area contributed by atoms with Crippen LogP contribution in [0.5, 0.6) is 11.5 Å². The lowest BCUT2D eigenvalue weighted by Crippen LogP contribution is -2.05. The Bertz CT molecular complexity index is 1230. The maximum Gasteiger partial charge on any atom is 0.335 e. The average Bonchev–Trinajstić information content (AvgIpc) is 2.93. The highest BCUT2D eigenvalue weighted by Crippen LogP contribution is 2.20. The third-order valence-corrected chi connectivity index (χ3v) is 5.93. The van der Waals surface area contributed by atoms with Crippen LogP contribution in [-0.2, 0) is 22.8 Å². The maximum absolute atomic E-state index is 11.8. The van der Waals surface area contributed by atoms with Gasteiger partial charge in [0.2, 0.25) is 0 Å². The number of unbranched alkanes of at least 4 members (excludes halogenated alkanes) is 3. The van der Waals surface area contributed by atoms with Crippen molar-refractivity contribution < 1.29 is 29.3 Å². The summed E-state index contributed by atoms with van der Waals surface area (Å²) in [6, 6.07) is 24.7. The fourth-order valence-electron chi connectivity index (χ4n) is 3.77. The molecule has 0 saturated heterocycles. The summed E-state index contributed by atoms with van der Waals surface area (Å²) in [5.74, 6) is -0.841. The van der Waals surface area contributed by atoms with E-state index in [2.05, 4.69) is 6.92 Å². The predicted octanol–water partition coefficient (Wildman–Crippen LogP) is 7.29. The molecule has 0 aliphatic rings. The topological polar surface area (TPSA) is 93.1 Å². The van der Waals surface area contributed by atoms with Gasteiger partial charge < -0.3 is 19.7 Å². The molecule has 0 saturated carbocycles. The lowest BCUT2D eigenvalue weighted by atomic mass is 10.0. The van der Waals surface area contributed by atoms with Crippen molar-refractivity contribution in [3.05, 3.63) is 113 Å². The zero-order valence-electron chi connectivity index (χ0n) is 21.6. The molecule has 198 valence electrons. The van der Waals surface area contributed by atoms with Crippen LogP contribution in [0.3, 0.4) is 0 Å². The Morgan fingerprint density at radius 1 is 0.711 bits per heavy atom. The lowest BCUT2D eigenvalue weighted by molar-refractivity contribution is -0.133. The molecular weight excluding hydrogens is 480 g/mol. The second-order valence-electron chi connectivity index (χ2n) is 8.97. The number of hydrogen-bond donors (Lipinski definition) is 2. The van der Waals surface area contributed by atoms with Gasteiger partial charge in [0.1, 0.15) is 24.7 Å². The Morgan fingerprint density at radius 2 is 1.29 bits per heavy atom. The Hall–Kier alpha value is -4.32. The van der Waals surface area contributed by atoms with Gasteiger partial charge in [0.15, 0.2) is 0 Å². The third kappa shape index (κ3) is 9.62. The molecule has 0 unspecified atom stereocenters. The molecule has 0 bridgehead atoms.